The van der Waals surface area contributed by atoms with E-state index in [1.807, 2.05) is 6.92 Å². The highest BCUT2D eigenvalue weighted by Crippen LogP contribution is 2.32. The van der Waals surface area contributed by atoms with Crippen molar-refractivity contribution in [3.8, 4) is 0 Å². The lowest BCUT2D eigenvalue weighted by atomic mass is 10.2. The predicted octanol–water partition coefficient (Wildman–Crippen LogP) is 0.400. The molecule has 0 bridgehead atoms. The number of aromatic nitrogens is 3. The summed E-state index contributed by atoms with van der Waals surface area (Å²) >= 11 is 6.38. The van der Waals surface area contributed by atoms with Crippen molar-refractivity contribution in [2.75, 3.05) is 36.8 Å². The molecule has 0 aromatic carbocycles. The average molecular weight is 310 g/mol. The summed E-state index contributed by atoms with van der Waals surface area (Å²) in [5.41, 5.74) is 13.4. The van der Waals surface area contributed by atoms with E-state index in [4.69, 9.17) is 23.1 Å². The van der Waals surface area contributed by atoms with Crippen LogP contribution < -0.4 is 21.7 Å². The molecule has 0 unspecified atom stereocenters. The van der Waals surface area contributed by atoms with E-state index in [9.17, 15) is 0 Å². The Morgan fingerprint density at radius 3 is 3.10 bits per heavy atom. The molecule has 114 valence electrons. The first-order valence-electron chi connectivity index (χ1n) is 7.09. The highest BCUT2D eigenvalue weighted by atomic mass is 35.5. The van der Waals surface area contributed by atoms with Crippen LogP contribution in [-0.2, 0) is 0 Å². The Labute approximate surface area is 128 Å². The van der Waals surface area contributed by atoms with Crippen LogP contribution in [0, 0.1) is 6.92 Å². The first-order valence-corrected chi connectivity index (χ1v) is 7.47. The van der Waals surface area contributed by atoms with E-state index in [2.05, 4.69) is 20.3 Å². The summed E-state index contributed by atoms with van der Waals surface area (Å²) in [4.78, 5) is 6.82. The Hall–Kier alpha value is -1.57. The maximum Gasteiger partial charge on any atom is 0.162 e. The Morgan fingerprint density at radius 1 is 1.52 bits per heavy atom. The molecule has 8 heteroatoms. The minimum atomic E-state index is 0.412. The van der Waals surface area contributed by atoms with Crippen molar-refractivity contribution in [3.63, 3.8) is 0 Å². The van der Waals surface area contributed by atoms with Gasteiger partial charge in [-0.1, -0.05) is 11.6 Å². The van der Waals surface area contributed by atoms with Crippen LogP contribution in [0.2, 0.25) is 5.02 Å². The van der Waals surface area contributed by atoms with E-state index in [-0.39, 0.29) is 0 Å². The van der Waals surface area contributed by atoms with Gasteiger partial charge < -0.3 is 21.7 Å². The Balaban J connectivity index is 1.90. The number of fused-ring (bicyclic) bond motifs is 1. The summed E-state index contributed by atoms with van der Waals surface area (Å²) in [6, 6.07) is 0.412. The van der Waals surface area contributed by atoms with Gasteiger partial charge in [-0.25, -0.2) is 4.98 Å². The summed E-state index contributed by atoms with van der Waals surface area (Å²) < 4.78 is 1.58. The Morgan fingerprint density at radius 2 is 2.33 bits per heavy atom. The van der Waals surface area contributed by atoms with E-state index in [0.717, 1.165) is 43.1 Å². The monoisotopic (exact) mass is 309 g/mol. The summed E-state index contributed by atoms with van der Waals surface area (Å²) in [6.07, 6.45) is 2.79. The number of rotatable bonds is 4. The summed E-state index contributed by atoms with van der Waals surface area (Å²) in [5.74, 6) is 1.17. The van der Waals surface area contributed by atoms with E-state index < -0.39 is 0 Å². The number of nitrogens with zero attached hydrogens (tertiary/aromatic N) is 4. The zero-order valence-corrected chi connectivity index (χ0v) is 12.8. The zero-order valence-electron chi connectivity index (χ0n) is 12.0. The summed E-state index contributed by atoms with van der Waals surface area (Å²) in [6.45, 7) is 5.18. The van der Waals surface area contributed by atoms with Crippen molar-refractivity contribution >= 4 is 28.9 Å². The molecular weight excluding hydrogens is 290 g/mol. The number of anilines is 2. The molecule has 21 heavy (non-hydrogen) atoms. The number of nitrogen functional groups attached to an aromatic ring is 1. The van der Waals surface area contributed by atoms with Crippen molar-refractivity contribution in [3.05, 3.63) is 16.8 Å². The topological polar surface area (TPSA) is 97.5 Å². The van der Waals surface area contributed by atoms with Crippen LogP contribution in [0.3, 0.4) is 0 Å². The standard InChI is InChI=1S/C13H20ClN7/c1-8-6-18-21-11(16)10(14)13(19-12(8)21)20-5-2-9(7-20)17-4-3-15/h6,9,17H,2-5,7,15-16H2,1H3/t9-/m0/s1. The third-order valence-electron chi connectivity index (χ3n) is 3.85. The normalized spacial score (nSPS) is 18.8. The number of nitrogens with one attached hydrogen (secondary N) is 1. The zero-order chi connectivity index (χ0) is 15.0. The predicted molar refractivity (Wildman–Crippen MR) is 84.8 cm³/mol. The molecule has 1 atom stereocenters. The number of aryl methyl sites for hydroxylation is 1. The lowest BCUT2D eigenvalue weighted by Gasteiger charge is -2.20. The van der Waals surface area contributed by atoms with Gasteiger partial charge in [0.05, 0.1) is 6.20 Å². The quantitative estimate of drug-likeness (QED) is 0.756. The smallest absolute Gasteiger partial charge is 0.162 e. The van der Waals surface area contributed by atoms with Gasteiger partial charge in [0.15, 0.2) is 11.5 Å². The van der Waals surface area contributed by atoms with Crippen molar-refractivity contribution < 1.29 is 0 Å². The molecule has 2 aromatic rings. The van der Waals surface area contributed by atoms with Crippen LogP contribution in [0.15, 0.2) is 6.20 Å². The first kappa shape index (κ1) is 14.4. The van der Waals surface area contributed by atoms with Gasteiger partial charge in [-0.3, -0.25) is 0 Å². The first-order chi connectivity index (χ1) is 10.1. The number of halogens is 1. The molecule has 1 saturated heterocycles. The highest BCUT2D eigenvalue weighted by molar-refractivity contribution is 6.35. The van der Waals surface area contributed by atoms with E-state index in [1.165, 1.54) is 0 Å². The van der Waals surface area contributed by atoms with Crippen molar-refractivity contribution in [1.29, 1.82) is 0 Å². The van der Waals surface area contributed by atoms with Gasteiger partial charge in [-0.05, 0) is 13.3 Å². The molecular formula is C13H20ClN7. The molecule has 3 rings (SSSR count). The fourth-order valence-corrected chi connectivity index (χ4v) is 2.95. The van der Waals surface area contributed by atoms with Crippen molar-refractivity contribution in [1.82, 2.24) is 19.9 Å². The van der Waals surface area contributed by atoms with Gasteiger partial charge in [-0.2, -0.15) is 9.61 Å². The number of nitrogens with two attached hydrogens (primary N) is 2. The van der Waals surface area contributed by atoms with E-state index in [1.54, 1.807) is 10.7 Å². The van der Waals surface area contributed by atoms with Crippen molar-refractivity contribution in [2.45, 2.75) is 19.4 Å². The molecule has 2 aromatic heterocycles. The molecule has 1 aliphatic rings. The van der Waals surface area contributed by atoms with Crippen LogP contribution in [0.1, 0.15) is 12.0 Å². The fourth-order valence-electron chi connectivity index (χ4n) is 2.71. The van der Waals surface area contributed by atoms with Crippen molar-refractivity contribution in [2.24, 2.45) is 5.73 Å². The molecule has 3 heterocycles. The molecule has 0 amide bonds. The largest absolute Gasteiger partial charge is 0.382 e. The molecule has 1 aliphatic heterocycles. The molecule has 5 N–H and O–H groups in total. The summed E-state index contributed by atoms with van der Waals surface area (Å²) in [5, 5.41) is 8.09. The molecule has 0 spiro atoms. The Kier molecular flexibility index (Phi) is 3.88. The Bertz CT molecular complexity index is 653. The molecule has 0 radical (unpaired) electrons. The van der Waals surface area contributed by atoms with Gasteiger partial charge in [0.1, 0.15) is 10.8 Å². The van der Waals surface area contributed by atoms with Gasteiger partial charge in [-0.15, -0.1) is 0 Å². The van der Waals surface area contributed by atoms with Crippen LogP contribution in [0.5, 0.6) is 0 Å². The lowest BCUT2D eigenvalue weighted by Crippen LogP contribution is -2.36. The van der Waals surface area contributed by atoms with Gasteiger partial charge in [0, 0.05) is 37.8 Å². The van der Waals surface area contributed by atoms with Crippen LogP contribution >= 0.6 is 11.6 Å². The third-order valence-corrected chi connectivity index (χ3v) is 4.21. The minimum absolute atomic E-state index is 0.412. The SMILES string of the molecule is Cc1cnn2c(N)c(Cl)c(N3CC[C@H](NCCN)C3)nc12. The van der Waals surface area contributed by atoms with Gasteiger partial charge >= 0.3 is 0 Å². The maximum atomic E-state index is 6.38. The lowest BCUT2D eigenvalue weighted by molar-refractivity contribution is 0.559. The molecule has 7 nitrogen and oxygen atoms in total. The molecule has 1 fully saturated rings. The average Bonchev–Trinajstić information content (AvgIpc) is 3.08. The summed E-state index contributed by atoms with van der Waals surface area (Å²) in [7, 11) is 0. The second kappa shape index (κ2) is 5.67. The van der Waals surface area contributed by atoms with E-state index in [0.29, 0.717) is 23.4 Å². The molecule has 0 aliphatic carbocycles. The van der Waals surface area contributed by atoms with Crippen LogP contribution in [-0.4, -0.2) is 46.8 Å². The second-order valence-corrected chi connectivity index (χ2v) is 5.75. The fraction of sp³-hybridized carbons (Fsp3) is 0.538. The van der Waals surface area contributed by atoms with Crippen LogP contribution in [0.4, 0.5) is 11.6 Å². The van der Waals surface area contributed by atoms with E-state index >= 15 is 0 Å². The van der Waals surface area contributed by atoms with Gasteiger partial charge in [0.2, 0.25) is 0 Å². The highest BCUT2D eigenvalue weighted by Gasteiger charge is 2.26. The molecule has 0 saturated carbocycles. The maximum absolute atomic E-state index is 6.38. The van der Waals surface area contributed by atoms with Gasteiger partial charge in [0.25, 0.3) is 0 Å². The number of hydrogen-bond donors (Lipinski definition) is 3. The second-order valence-electron chi connectivity index (χ2n) is 5.37. The minimum Gasteiger partial charge on any atom is -0.382 e. The third kappa shape index (κ3) is 2.52. The number of hydrogen-bond acceptors (Lipinski definition) is 6. The van der Waals surface area contributed by atoms with Crippen LogP contribution in [0.25, 0.3) is 5.65 Å².